The van der Waals surface area contributed by atoms with Gasteiger partial charge in [0.1, 0.15) is 12.6 Å². The van der Waals surface area contributed by atoms with Gasteiger partial charge in [0.25, 0.3) is 11.9 Å². The number of aliphatic hydroxyl groups excluding tert-OH is 1. The largest absolute Gasteiger partial charge is 0.480 e. The van der Waals surface area contributed by atoms with Gasteiger partial charge in [0.05, 0.1) is 6.10 Å². The number of nitrogens with zero attached hydrogens (tertiary/aromatic N) is 3. The fourth-order valence-corrected chi connectivity index (χ4v) is 4.55. The highest BCUT2D eigenvalue weighted by atomic mass is 16.5. The zero-order valence-electron chi connectivity index (χ0n) is 17.8. The molecule has 3 aromatic rings. The van der Waals surface area contributed by atoms with E-state index in [0.29, 0.717) is 0 Å². The summed E-state index contributed by atoms with van der Waals surface area (Å²) in [6, 6.07) is 14.7. The number of rotatable bonds is 5. The summed E-state index contributed by atoms with van der Waals surface area (Å²) in [5.74, 6) is -2.52. The molecule has 1 aliphatic carbocycles. The van der Waals surface area contributed by atoms with E-state index >= 15 is 0 Å². The van der Waals surface area contributed by atoms with Crippen LogP contribution in [0.4, 0.5) is 10.7 Å². The van der Waals surface area contributed by atoms with E-state index in [1.807, 2.05) is 48.5 Å². The lowest BCUT2D eigenvalue weighted by Crippen LogP contribution is -2.41. The highest BCUT2D eigenvalue weighted by Gasteiger charge is 2.40. The molecule has 2 heterocycles. The standard InChI is InChI=1S/C23H21N5O6/c29-12-9-18(21(31)32)28(10-12)20(30)19-24-22(27-26-19)25-23(33)34-11-17-15-7-3-1-5-13(15)14-6-2-4-8-16(14)17/h1-8,12,17-18,29H,9-11H2,(H,31,32)(H2,24,25,26,27,33)/t12-,18+/m1/s1. The van der Waals surface area contributed by atoms with Crippen molar-refractivity contribution in [1.82, 2.24) is 20.1 Å². The van der Waals surface area contributed by atoms with Gasteiger partial charge in [-0.3, -0.25) is 15.2 Å². The zero-order chi connectivity index (χ0) is 23.8. The van der Waals surface area contributed by atoms with Crippen molar-refractivity contribution in [2.24, 2.45) is 0 Å². The molecule has 0 unspecified atom stereocenters. The van der Waals surface area contributed by atoms with E-state index in [-0.39, 0.29) is 37.3 Å². The lowest BCUT2D eigenvalue weighted by molar-refractivity contribution is -0.141. The maximum atomic E-state index is 12.6. The van der Waals surface area contributed by atoms with Gasteiger partial charge >= 0.3 is 12.1 Å². The number of benzene rings is 2. The third-order valence-corrected chi connectivity index (χ3v) is 6.07. The van der Waals surface area contributed by atoms with Crippen LogP contribution in [0.5, 0.6) is 0 Å². The number of ether oxygens (including phenoxy) is 1. The Morgan fingerprint density at radius 2 is 1.74 bits per heavy atom. The molecular weight excluding hydrogens is 442 g/mol. The molecule has 5 rings (SSSR count). The van der Waals surface area contributed by atoms with Crippen LogP contribution in [0, 0.1) is 0 Å². The fraction of sp³-hybridized carbons (Fsp3) is 0.261. The number of aliphatic hydroxyl groups is 1. The second kappa shape index (κ2) is 8.60. The number of aromatic amines is 1. The molecule has 11 heteroatoms. The molecule has 0 spiro atoms. The number of aromatic nitrogens is 3. The maximum Gasteiger partial charge on any atom is 0.414 e. The molecule has 2 atom stereocenters. The number of H-pyrrole nitrogens is 1. The van der Waals surface area contributed by atoms with Crippen LogP contribution in [-0.4, -0.2) is 73.6 Å². The molecule has 2 aromatic carbocycles. The molecule has 1 saturated heterocycles. The van der Waals surface area contributed by atoms with Crippen LogP contribution in [0.2, 0.25) is 0 Å². The van der Waals surface area contributed by atoms with Crippen LogP contribution < -0.4 is 5.32 Å². The van der Waals surface area contributed by atoms with Crippen LogP contribution >= 0.6 is 0 Å². The Morgan fingerprint density at radius 3 is 2.38 bits per heavy atom. The number of aliphatic carboxylic acids is 1. The molecule has 174 valence electrons. The molecular formula is C23H21N5O6. The molecule has 34 heavy (non-hydrogen) atoms. The molecule has 0 bridgehead atoms. The molecule has 2 aliphatic rings. The van der Waals surface area contributed by atoms with E-state index in [1.165, 1.54) is 0 Å². The number of likely N-dealkylation sites (tertiary alicyclic amines) is 1. The number of carbonyl (C=O) groups is 3. The summed E-state index contributed by atoms with van der Waals surface area (Å²) >= 11 is 0. The normalized spacial score (nSPS) is 18.9. The van der Waals surface area contributed by atoms with Gasteiger partial charge < -0.3 is 19.8 Å². The van der Waals surface area contributed by atoms with Crippen molar-refractivity contribution < 1.29 is 29.3 Å². The number of carbonyl (C=O) groups excluding carboxylic acids is 2. The van der Waals surface area contributed by atoms with Gasteiger partial charge in [0, 0.05) is 18.9 Å². The summed E-state index contributed by atoms with van der Waals surface area (Å²) in [5.41, 5.74) is 4.36. The van der Waals surface area contributed by atoms with Crippen LogP contribution in [-0.2, 0) is 9.53 Å². The minimum absolute atomic E-state index is 0.0694. The third-order valence-electron chi connectivity index (χ3n) is 6.07. The summed E-state index contributed by atoms with van der Waals surface area (Å²) < 4.78 is 5.43. The number of nitrogens with one attached hydrogen (secondary N) is 2. The number of carboxylic acid groups (broad SMARTS) is 1. The average molecular weight is 463 g/mol. The predicted molar refractivity (Wildman–Crippen MR) is 118 cm³/mol. The van der Waals surface area contributed by atoms with Crippen molar-refractivity contribution in [2.75, 3.05) is 18.5 Å². The van der Waals surface area contributed by atoms with E-state index in [2.05, 4.69) is 20.5 Å². The van der Waals surface area contributed by atoms with Crippen molar-refractivity contribution in [1.29, 1.82) is 0 Å². The first-order chi connectivity index (χ1) is 16.4. The molecule has 0 radical (unpaired) electrons. The predicted octanol–water partition coefficient (Wildman–Crippen LogP) is 1.83. The maximum absolute atomic E-state index is 12.6. The Labute approximate surface area is 193 Å². The summed E-state index contributed by atoms with van der Waals surface area (Å²) in [4.78, 5) is 41.3. The monoisotopic (exact) mass is 463 g/mol. The van der Waals surface area contributed by atoms with E-state index in [9.17, 15) is 24.6 Å². The SMILES string of the molecule is O=C(Nc1n[nH]c(C(=O)N2C[C@H](O)C[C@H]2C(=O)O)n1)OCC1c2ccccc2-c2ccccc21. The van der Waals surface area contributed by atoms with Gasteiger partial charge in [-0.15, -0.1) is 5.10 Å². The van der Waals surface area contributed by atoms with Crippen molar-refractivity contribution in [3.05, 3.63) is 65.5 Å². The Morgan fingerprint density at radius 1 is 1.09 bits per heavy atom. The quantitative estimate of drug-likeness (QED) is 0.446. The van der Waals surface area contributed by atoms with Gasteiger partial charge in [-0.05, 0) is 22.3 Å². The molecule has 0 saturated carbocycles. The number of β-amino-alcohol motifs (C(OH)–C–C–N with tert-alkyl or cyclic N) is 1. The molecule has 1 fully saturated rings. The minimum Gasteiger partial charge on any atom is -0.480 e. The van der Waals surface area contributed by atoms with Gasteiger partial charge in [0.2, 0.25) is 5.82 Å². The van der Waals surface area contributed by atoms with E-state index in [1.54, 1.807) is 0 Å². The molecule has 1 aromatic heterocycles. The van der Waals surface area contributed by atoms with Crippen molar-refractivity contribution in [3.8, 4) is 11.1 Å². The number of carboxylic acids is 1. The van der Waals surface area contributed by atoms with Gasteiger partial charge in [-0.2, -0.15) is 4.98 Å². The van der Waals surface area contributed by atoms with Crippen LogP contribution in [0.1, 0.15) is 34.1 Å². The zero-order valence-corrected chi connectivity index (χ0v) is 17.8. The Bertz CT molecular complexity index is 1230. The molecule has 11 nitrogen and oxygen atoms in total. The number of hydrogen-bond donors (Lipinski definition) is 4. The number of hydrogen-bond acceptors (Lipinski definition) is 7. The first-order valence-corrected chi connectivity index (χ1v) is 10.7. The minimum atomic E-state index is -1.22. The second-order valence-electron chi connectivity index (χ2n) is 8.16. The topological polar surface area (TPSA) is 158 Å². The van der Waals surface area contributed by atoms with Gasteiger partial charge in [0.15, 0.2) is 0 Å². The first kappa shape index (κ1) is 21.6. The van der Waals surface area contributed by atoms with Crippen LogP contribution in [0.25, 0.3) is 11.1 Å². The number of fused-ring (bicyclic) bond motifs is 3. The first-order valence-electron chi connectivity index (χ1n) is 10.7. The fourth-order valence-electron chi connectivity index (χ4n) is 4.55. The summed E-state index contributed by atoms with van der Waals surface area (Å²) in [6.45, 7) is -0.0341. The van der Waals surface area contributed by atoms with Crippen molar-refractivity contribution in [3.63, 3.8) is 0 Å². The number of anilines is 1. The van der Waals surface area contributed by atoms with Gasteiger partial charge in [-0.1, -0.05) is 48.5 Å². The van der Waals surface area contributed by atoms with Crippen LogP contribution in [0.15, 0.2) is 48.5 Å². The summed E-state index contributed by atoms with van der Waals surface area (Å²) in [7, 11) is 0. The third kappa shape index (κ3) is 3.86. The van der Waals surface area contributed by atoms with Crippen molar-refractivity contribution in [2.45, 2.75) is 24.5 Å². The average Bonchev–Trinajstić information content (AvgIpc) is 3.53. The summed E-state index contributed by atoms with van der Waals surface area (Å²) in [6.07, 6.45) is -1.80. The van der Waals surface area contributed by atoms with Crippen LogP contribution in [0.3, 0.4) is 0 Å². The van der Waals surface area contributed by atoms with Crippen molar-refractivity contribution >= 4 is 23.9 Å². The van der Waals surface area contributed by atoms with E-state index in [0.717, 1.165) is 27.2 Å². The molecule has 2 amide bonds. The highest BCUT2D eigenvalue weighted by molar-refractivity contribution is 5.94. The van der Waals surface area contributed by atoms with E-state index in [4.69, 9.17) is 4.74 Å². The lowest BCUT2D eigenvalue weighted by Gasteiger charge is -2.19. The Balaban J connectivity index is 1.23. The Hall–Kier alpha value is -4.25. The van der Waals surface area contributed by atoms with E-state index < -0.39 is 30.1 Å². The second-order valence-corrected chi connectivity index (χ2v) is 8.16. The molecule has 4 N–H and O–H groups in total. The highest BCUT2D eigenvalue weighted by Crippen LogP contribution is 2.44. The lowest BCUT2D eigenvalue weighted by atomic mass is 9.98. The Kier molecular flexibility index (Phi) is 5.46. The van der Waals surface area contributed by atoms with Gasteiger partial charge in [-0.25, -0.2) is 9.59 Å². The number of amides is 2. The smallest absolute Gasteiger partial charge is 0.414 e. The summed E-state index contributed by atoms with van der Waals surface area (Å²) in [5, 5.41) is 27.5. The molecule has 1 aliphatic heterocycles.